The van der Waals surface area contributed by atoms with Crippen molar-refractivity contribution in [3.05, 3.63) is 119 Å². The number of anilines is 4. The number of benzene rings is 4. The summed E-state index contributed by atoms with van der Waals surface area (Å²) in [5.41, 5.74) is 5.37. The quantitative estimate of drug-likeness (QED) is 0.271. The molecule has 0 saturated heterocycles. The zero-order valence-corrected chi connectivity index (χ0v) is 17.1. The van der Waals surface area contributed by atoms with Crippen LogP contribution in [-0.2, 0) is 0 Å². The van der Waals surface area contributed by atoms with Crippen molar-refractivity contribution in [1.29, 1.82) is 0 Å². The highest BCUT2D eigenvalue weighted by Crippen LogP contribution is 2.28. The molecule has 4 nitrogen and oxygen atoms in total. The Morgan fingerprint density at radius 1 is 0.710 bits per heavy atom. The molecule has 152 valence electrons. The molecule has 4 rings (SSSR count). The lowest BCUT2D eigenvalue weighted by Crippen LogP contribution is -2.10. The average molecular weight is 406 g/mol. The molecule has 0 heterocycles. The van der Waals surface area contributed by atoms with E-state index in [1.165, 1.54) is 0 Å². The molecule has 2 N–H and O–H groups in total. The van der Waals surface area contributed by atoms with Crippen LogP contribution >= 0.6 is 0 Å². The van der Waals surface area contributed by atoms with Gasteiger partial charge in [0.25, 0.3) is 0 Å². The normalized spacial score (nSPS) is 10.4. The Morgan fingerprint density at radius 3 is 2.00 bits per heavy atom. The molecule has 4 aromatic carbocycles. The van der Waals surface area contributed by atoms with E-state index in [1.807, 2.05) is 91.9 Å². The molecule has 0 amide bonds. The largest absolute Gasteiger partial charge is 0.356 e. The maximum absolute atomic E-state index is 13.5. The van der Waals surface area contributed by atoms with Gasteiger partial charge in [0.2, 0.25) is 0 Å². The van der Waals surface area contributed by atoms with Gasteiger partial charge in [0.1, 0.15) is 0 Å². The first-order chi connectivity index (χ1) is 15.2. The second-order valence-corrected chi connectivity index (χ2v) is 7.23. The maximum Gasteiger partial charge on any atom is 0.196 e. The van der Waals surface area contributed by atoms with Crippen LogP contribution in [0.3, 0.4) is 0 Å². The number of rotatable bonds is 7. The minimum Gasteiger partial charge on any atom is -0.356 e. The van der Waals surface area contributed by atoms with E-state index in [9.17, 15) is 9.59 Å². The summed E-state index contributed by atoms with van der Waals surface area (Å²) >= 11 is 0. The SMILES string of the molecule is Cc1cccc(Nc2ccccc2)c1C(=O)c1ccc(Nc2ccccc2)cc1C=O. The summed E-state index contributed by atoms with van der Waals surface area (Å²) in [7, 11) is 0. The summed E-state index contributed by atoms with van der Waals surface area (Å²) in [6.45, 7) is 1.90. The van der Waals surface area contributed by atoms with Crippen molar-refractivity contribution in [2.24, 2.45) is 0 Å². The number of aldehydes is 1. The highest BCUT2D eigenvalue weighted by Gasteiger charge is 2.19. The highest BCUT2D eigenvalue weighted by atomic mass is 16.1. The van der Waals surface area contributed by atoms with Gasteiger partial charge < -0.3 is 10.6 Å². The van der Waals surface area contributed by atoms with Crippen molar-refractivity contribution in [2.45, 2.75) is 6.92 Å². The van der Waals surface area contributed by atoms with E-state index in [0.29, 0.717) is 22.4 Å². The van der Waals surface area contributed by atoms with Crippen molar-refractivity contribution < 1.29 is 9.59 Å². The number of aryl methyl sites for hydroxylation is 1. The lowest BCUT2D eigenvalue weighted by atomic mass is 9.94. The number of ketones is 1. The van der Waals surface area contributed by atoms with Crippen LogP contribution in [0.15, 0.2) is 97.1 Å². The fourth-order valence-electron chi connectivity index (χ4n) is 3.52. The molecule has 0 bridgehead atoms. The Balaban J connectivity index is 1.69. The van der Waals surface area contributed by atoms with E-state index in [-0.39, 0.29) is 5.78 Å². The summed E-state index contributed by atoms with van der Waals surface area (Å²) in [4.78, 5) is 25.3. The molecule has 0 fully saturated rings. The molecule has 0 unspecified atom stereocenters. The van der Waals surface area contributed by atoms with Crippen LogP contribution in [0.4, 0.5) is 22.7 Å². The molecule has 31 heavy (non-hydrogen) atoms. The average Bonchev–Trinajstić information content (AvgIpc) is 2.80. The third-order valence-corrected chi connectivity index (χ3v) is 5.04. The number of carbonyl (C=O) groups is 2. The first kappa shape index (κ1) is 20.1. The molecule has 0 aliphatic heterocycles. The van der Waals surface area contributed by atoms with Gasteiger partial charge >= 0.3 is 0 Å². The topological polar surface area (TPSA) is 58.2 Å². The van der Waals surface area contributed by atoms with Crippen LogP contribution in [0.25, 0.3) is 0 Å². The van der Waals surface area contributed by atoms with Crippen LogP contribution in [0.5, 0.6) is 0 Å². The monoisotopic (exact) mass is 406 g/mol. The third-order valence-electron chi connectivity index (χ3n) is 5.04. The standard InChI is InChI=1S/C27H22N2O2/c1-19-9-8-14-25(29-22-12-6-3-7-13-22)26(19)27(31)24-16-15-23(17-20(24)18-30)28-21-10-4-2-5-11-21/h2-18,28-29H,1H3. The predicted octanol–water partition coefficient (Wildman–Crippen LogP) is 6.53. The van der Waals surface area contributed by atoms with Gasteiger partial charge in [0, 0.05) is 39.4 Å². The number of para-hydroxylation sites is 2. The Kier molecular flexibility index (Phi) is 5.90. The minimum atomic E-state index is -0.190. The molecule has 0 saturated carbocycles. The molecular formula is C27H22N2O2. The smallest absolute Gasteiger partial charge is 0.196 e. The maximum atomic E-state index is 13.5. The summed E-state index contributed by atoms with van der Waals surface area (Å²) < 4.78 is 0. The number of hydrogen-bond donors (Lipinski definition) is 2. The first-order valence-corrected chi connectivity index (χ1v) is 10.0. The molecule has 0 radical (unpaired) electrons. The Morgan fingerprint density at radius 2 is 1.35 bits per heavy atom. The Hall–Kier alpha value is -4.18. The predicted molar refractivity (Wildman–Crippen MR) is 126 cm³/mol. The highest BCUT2D eigenvalue weighted by molar-refractivity contribution is 6.16. The van der Waals surface area contributed by atoms with Gasteiger partial charge in [-0.3, -0.25) is 9.59 Å². The van der Waals surface area contributed by atoms with E-state index in [1.54, 1.807) is 12.1 Å². The molecule has 0 aliphatic carbocycles. The van der Waals surface area contributed by atoms with Gasteiger partial charge in [-0.25, -0.2) is 0 Å². The van der Waals surface area contributed by atoms with Gasteiger partial charge in [0.15, 0.2) is 12.1 Å². The van der Waals surface area contributed by atoms with E-state index in [4.69, 9.17) is 0 Å². The van der Waals surface area contributed by atoms with Crippen LogP contribution in [0.1, 0.15) is 31.8 Å². The summed E-state index contributed by atoms with van der Waals surface area (Å²) in [5.74, 6) is -0.190. The fourth-order valence-corrected chi connectivity index (χ4v) is 3.52. The lowest BCUT2D eigenvalue weighted by molar-refractivity contribution is 0.103. The molecule has 4 aromatic rings. The van der Waals surface area contributed by atoms with Crippen LogP contribution in [0.2, 0.25) is 0 Å². The van der Waals surface area contributed by atoms with Gasteiger partial charge in [-0.2, -0.15) is 0 Å². The minimum absolute atomic E-state index is 0.190. The van der Waals surface area contributed by atoms with Crippen molar-refractivity contribution in [1.82, 2.24) is 0 Å². The van der Waals surface area contributed by atoms with Crippen LogP contribution in [-0.4, -0.2) is 12.1 Å². The van der Waals surface area contributed by atoms with Crippen molar-refractivity contribution in [3.63, 3.8) is 0 Å². The van der Waals surface area contributed by atoms with Gasteiger partial charge in [0.05, 0.1) is 0 Å². The van der Waals surface area contributed by atoms with E-state index >= 15 is 0 Å². The molecule has 4 heteroatoms. The van der Waals surface area contributed by atoms with E-state index in [2.05, 4.69) is 10.6 Å². The van der Waals surface area contributed by atoms with Gasteiger partial charge in [-0.1, -0.05) is 48.5 Å². The third kappa shape index (κ3) is 4.54. The molecule has 0 aliphatic rings. The van der Waals surface area contributed by atoms with Crippen molar-refractivity contribution in [3.8, 4) is 0 Å². The van der Waals surface area contributed by atoms with Gasteiger partial charge in [-0.15, -0.1) is 0 Å². The van der Waals surface area contributed by atoms with Crippen LogP contribution in [0, 0.1) is 6.92 Å². The Labute approximate surface area is 181 Å². The van der Waals surface area contributed by atoms with E-state index < -0.39 is 0 Å². The fraction of sp³-hybridized carbons (Fsp3) is 0.0370. The van der Waals surface area contributed by atoms with Gasteiger partial charge in [-0.05, 0) is 61.0 Å². The second-order valence-electron chi connectivity index (χ2n) is 7.23. The Bertz CT molecular complexity index is 1220. The summed E-state index contributed by atoms with van der Waals surface area (Å²) in [5, 5.41) is 6.58. The molecule has 0 atom stereocenters. The van der Waals surface area contributed by atoms with Crippen molar-refractivity contribution in [2.75, 3.05) is 10.6 Å². The number of hydrogen-bond acceptors (Lipinski definition) is 4. The van der Waals surface area contributed by atoms with Crippen LogP contribution < -0.4 is 10.6 Å². The molecule has 0 aromatic heterocycles. The summed E-state index contributed by atoms with van der Waals surface area (Å²) in [6, 6.07) is 30.3. The second kappa shape index (κ2) is 9.09. The van der Waals surface area contributed by atoms with E-state index in [0.717, 1.165) is 28.9 Å². The van der Waals surface area contributed by atoms with Crippen molar-refractivity contribution >= 4 is 34.8 Å². The summed E-state index contributed by atoms with van der Waals surface area (Å²) in [6.07, 6.45) is 0.728. The zero-order chi connectivity index (χ0) is 21.6. The molecular weight excluding hydrogens is 384 g/mol. The molecule has 0 spiro atoms. The number of carbonyl (C=O) groups excluding carboxylic acids is 2. The lowest BCUT2D eigenvalue weighted by Gasteiger charge is -2.15. The number of nitrogens with one attached hydrogen (secondary N) is 2. The zero-order valence-electron chi connectivity index (χ0n) is 17.1. The first-order valence-electron chi connectivity index (χ1n) is 10.0.